The van der Waals surface area contributed by atoms with Gasteiger partial charge in [-0.1, -0.05) is 24.6 Å². The first-order chi connectivity index (χ1) is 9.62. The van der Waals surface area contributed by atoms with Crippen LogP contribution in [0.15, 0.2) is 30.3 Å². The molecule has 20 heavy (non-hydrogen) atoms. The van der Waals surface area contributed by atoms with E-state index in [1.165, 1.54) is 21.9 Å². The lowest BCUT2D eigenvalue weighted by molar-refractivity contribution is 0.559. The molecule has 0 bridgehead atoms. The van der Waals surface area contributed by atoms with E-state index in [2.05, 4.69) is 24.4 Å². The number of halogens is 2. The first-order valence-corrected chi connectivity index (χ1v) is 8.00. The number of hydrogen-bond donors (Lipinski definition) is 1. The standard InChI is InChI=1S/C16H19ClFNS/c1-3-14-6-7-15(20-14)10-13(19-2)8-11-4-5-12(18)9-16(11)17/h4-7,9,13,19H,3,8,10H2,1-2H3. The number of thiophene rings is 1. The van der Waals surface area contributed by atoms with Gasteiger partial charge in [-0.3, -0.25) is 0 Å². The van der Waals surface area contributed by atoms with Crippen molar-refractivity contribution in [3.63, 3.8) is 0 Å². The van der Waals surface area contributed by atoms with E-state index in [-0.39, 0.29) is 5.82 Å². The van der Waals surface area contributed by atoms with Crippen LogP contribution in [0.25, 0.3) is 0 Å². The van der Waals surface area contributed by atoms with E-state index < -0.39 is 0 Å². The molecule has 2 rings (SSSR count). The van der Waals surface area contributed by atoms with Gasteiger partial charge in [0.1, 0.15) is 5.82 Å². The molecular weight excluding hydrogens is 293 g/mol. The molecule has 0 aliphatic carbocycles. The maximum atomic E-state index is 13.1. The molecule has 0 radical (unpaired) electrons. The lowest BCUT2D eigenvalue weighted by Gasteiger charge is -2.16. The number of aryl methyl sites for hydroxylation is 1. The fourth-order valence-electron chi connectivity index (χ4n) is 2.19. The highest BCUT2D eigenvalue weighted by Gasteiger charge is 2.12. The van der Waals surface area contributed by atoms with Crippen molar-refractivity contribution in [2.75, 3.05) is 7.05 Å². The smallest absolute Gasteiger partial charge is 0.124 e. The predicted molar refractivity (Wildman–Crippen MR) is 85.4 cm³/mol. The number of hydrogen-bond acceptors (Lipinski definition) is 2. The van der Waals surface area contributed by atoms with Gasteiger partial charge >= 0.3 is 0 Å². The van der Waals surface area contributed by atoms with E-state index in [9.17, 15) is 4.39 Å². The van der Waals surface area contributed by atoms with Crippen LogP contribution in [0.5, 0.6) is 0 Å². The summed E-state index contributed by atoms with van der Waals surface area (Å²) in [5.74, 6) is -0.286. The van der Waals surface area contributed by atoms with Gasteiger partial charge in [-0.25, -0.2) is 4.39 Å². The van der Waals surface area contributed by atoms with Crippen molar-refractivity contribution in [3.05, 3.63) is 56.5 Å². The third-order valence-electron chi connectivity index (χ3n) is 3.40. The second-order valence-electron chi connectivity index (χ2n) is 4.85. The molecule has 1 atom stereocenters. The van der Waals surface area contributed by atoms with Gasteiger partial charge in [-0.05, 0) is 56.1 Å². The molecule has 0 fully saturated rings. The van der Waals surface area contributed by atoms with Crippen LogP contribution < -0.4 is 5.32 Å². The van der Waals surface area contributed by atoms with Crippen LogP contribution in [-0.2, 0) is 19.3 Å². The summed E-state index contributed by atoms with van der Waals surface area (Å²) in [4.78, 5) is 2.79. The Kier molecular flexibility index (Phi) is 5.58. The average molecular weight is 312 g/mol. The Morgan fingerprint density at radius 3 is 2.55 bits per heavy atom. The Morgan fingerprint density at radius 2 is 1.95 bits per heavy atom. The Hall–Kier alpha value is -0.900. The topological polar surface area (TPSA) is 12.0 Å². The molecule has 1 aromatic carbocycles. The molecule has 0 aliphatic heterocycles. The second kappa shape index (κ2) is 7.21. The van der Waals surface area contributed by atoms with Crippen molar-refractivity contribution < 1.29 is 4.39 Å². The lowest BCUT2D eigenvalue weighted by atomic mass is 10.0. The van der Waals surface area contributed by atoms with E-state index >= 15 is 0 Å². The highest BCUT2D eigenvalue weighted by Crippen LogP contribution is 2.22. The molecule has 0 amide bonds. The molecular formula is C16H19ClFNS. The van der Waals surface area contributed by atoms with Gasteiger partial charge < -0.3 is 5.32 Å². The normalized spacial score (nSPS) is 12.6. The number of likely N-dealkylation sites (N-methyl/N-ethyl adjacent to an activating group) is 1. The minimum atomic E-state index is -0.286. The van der Waals surface area contributed by atoms with Gasteiger partial charge in [0.15, 0.2) is 0 Å². The minimum absolute atomic E-state index is 0.286. The van der Waals surface area contributed by atoms with Crippen LogP contribution in [0, 0.1) is 5.82 Å². The van der Waals surface area contributed by atoms with Crippen molar-refractivity contribution in [3.8, 4) is 0 Å². The van der Waals surface area contributed by atoms with Gasteiger partial charge in [0.2, 0.25) is 0 Å². The number of rotatable bonds is 6. The van der Waals surface area contributed by atoms with Crippen LogP contribution in [0.4, 0.5) is 4.39 Å². The quantitative estimate of drug-likeness (QED) is 0.829. The summed E-state index contributed by atoms with van der Waals surface area (Å²) in [5, 5.41) is 3.83. The molecule has 4 heteroatoms. The zero-order valence-electron chi connectivity index (χ0n) is 11.7. The first-order valence-electron chi connectivity index (χ1n) is 6.81. The third kappa shape index (κ3) is 4.05. The highest BCUT2D eigenvalue weighted by atomic mass is 35.5. The van der Waals surface area contributed by atoms with Crippen molar-refractivity contribution in [2.24, 2.45) is 0 Å². The van der Waals surface area contributed by atoms with E-state index in [1.807, 2.05) is 18.4 Å². The second-order valence-corrected chi connectivity index (χ2v) is 6.51. The molecule has 1 aromatic heterocycles. The number of benzene rings is 1. The predicted octanol–water partition coefficient (Wildman–Crippen LogP) is 4.48. The maximum Gasteiger partial charge on any atom is 0.124 e. The fraction of sp³-hybridized carbons (Fsp3) is 0.375. The Morgan fingerprint density at radius 1 is 1.20 bits per heavy atom. The van der Waals surface area contributed by atoms with Crippen molar-refractivity contribution in [2.45, 2.75) is 32.2 Å². The molecule has 0 aliphatic rings. The van der Waals surface area contributed by atoms with Crippen LogP contribution in [0.2, 0.25) is 5.02 Å². The van der Waals surface area contributed by atoms with Crippen molar-refractivity contribution in [1.29, 1.82) is 0 Å². The molecule has 1 unspecified atom stereocenters. The van der Waals surface area contributed by atoms with Gasteiger partial charge in [-0.2, -0.15) is 0 Å². The van der Waals surface area contributed by atoms with Crippen molar-refractivity contribution >= 4 is 22.9 Å². The van der Waals surface area contributed by atoms with Gasteiger partial charge in [-0.15, -0.1) is 11.3 Å². The van der Waals surface area contributed by atoms with E-state index in [0.29, 0.717) is 11.1 Å². The molecule has 0 saturated heterocycles. The van der Waals surface area contributed by atoms with Gasteiger partial charge in [0.25, 0.3) is 0 Å². The molecule has 1 heterocycles. The van der Waals surface area contributed by atoms with Crippen molar-refractivity contribution in [1.82, 2.24) is 5.32 Å². The zero-order valence-corrected chi connectivity index (χ0v) is 13.3. The highest BCUT2D eigenvalue weighted by molar-refractivity contribution is 7.11. The molecule has 2 aromatic rings. The van der Waals surface area contributed by atoms with E-state index in [0.717, 1.165) is 24.8 Å². The molecule has 108 valence electrons. The van der Waals surface area contributed by atoms with E-state index in [1.54, 1.807) is 6.07 Å². The summed E-state index contributed by atoms with van der Waals surface area (Å²) >= 11 is 7.96. The van der Waals surface area contributed by atoms with Crippen LogP contribution in [-0.4, -0.2) is 13.1 Å². The summed E-state index contributed by atoms with van der Waals surface area (Å²) in [6.07, 6.45) is 2.85. The molecule has 1 N–H and O–H groups in total. The monoisotopic (exact) mass is 311 g/mol. The minimum Gasteiger partial charge on any atom is -0.316 e. The first kappa shape index (κ1) is 15.5. The van der Waals surface area contributed by atoms with Gasteiger partial charge in [0.05, 0.1) is 0 Å². The Labute approximate surface area is 128 Å². The van der Waals surface area contributed by atoms with E-state index in [4.69, 9.17) is 11.6 Å². The van der Waals surface area contributed by atoms with Gasteiger partial charge in [0, 0.05) is 20.8 Å². The summed E-state index contributed by atoms with van der Waals surface area (Å²) < 4.78 is 13.1. The summed E-state index contributed by atoms with van der Waals surface area (Å²) in [5.41, 5.74) is 0.986. The third-order valence-corrected chi connectivity index (χ3v) is 5.01. The number of nitrogens with one attached hydrogen (secondary N) is 1. The molecule has 0 spiro atoms. The fourth-order valence-corrected chi connectivity index (χ4v) is 3.48. The molecule has 0 saturated carbocycles. The summed E-state index contributed by atoms with van der Waals surface area (Å²) in [6.45, 7) is 2.17. The Balaban J connectivity index is 2.04. The average Bonchev–Trinajstić information content (AvgIpc) is 2.88. The SMILES string of the molecule is CCc1ccc(CC(Cc2ccc(F)cc2Cl)NC)s1. The zero-order chi connectivity index (χ0) is 14.5. The molecule has 1 nitrogen and oxygen atoms in total. The van der Waals surface area contributed by atoms with Crippen LogP contribution in [0.1, 0.15) is 22.2 Å². The summed E-state index contributed by atoms with van der Waals surface area (Å²) in [7, 11) is 1.95. The summed E-state index contributed by atoms with van der Waals surface area (Å²) in [6, 6.07) is 9.31. The van der Waals surface area contributed by atoms with Crippen LogP contribution >= 0.6 is 22.9 Å². The van der Waals surface area contributed by atoms with Crippen LogP contribution in [0.3, 0.4) is 0 Å². The Bertz CT molecular complexity index is 567. The largest absolute Gasteiger partial charge is 0.316 e. The maximum absolute atomic E-state index is 13.1. The lowest BCUT2D eigenvalue weighted by Crippen LogP contribution is -2.29.